The van der Waals surface area contributed by atoms with Gasteiger partial charge in [-0.15, -0.1) is 0 Å². The Morgan fingerprint density at radius 3 is 0.821 bits per heavy atom. The smallest absolute Gasteiger partial charge is 1.00 e. The maximum atomic E-state index is 7.50. The molecule has 3 nitrogen and oxygen atoms in total. The fourth-order valence-corrected chi connectivity index (χ4v) is 10.0. The summed E-state index contributed by atoms with van der Waals surface area (Å²) in [5.74, 6) is 0. The van der Waals surface area contributed by atoms with E-state index >= 15 is 0 Å². The quantitative estimate of drug-likeness (QED) is 0.0525. The molecule has 0 bridgehead atoms. The molecule has 6 aromatic carbocycles. The minimum atomic E-state index is -0.750. The first kappa shape index (κ1) is 50.9. The molecule has 7 rings (SSSR count). The number of nitrogens with zero attached hydrogens (tertiary/aromatic N) is 2. The van der Waals surface area contributed by atoms with Crippen LogP contribution in [0.5, 0.6) is 0 Å². The van der Waals surface area contributed by atoms with Gasteiger partial charge in [-0.25, -0.2) is 4.98 Å². The number of aromatic nitrogens is 2. The number of aryl methyl sites for hydroxylation is 1. The van der Waals surface area contributed by atoms with Crippen LogP contribution in [0.3, 0.4) is 0 Å². The molecule has 0 spiro atoms. The van der Waals surface area contributed by atoms with E-state index in [2.05, 4.69) is 219 Å². The fraction of sp³-hybridized carbons (Fsp3) is 0.130. The molecule has 0 N–H and O–H groups in total. The van der Waals surface area contributed by atoms with Crippen molar-refractivity contribution in [1.29, 1.82) is 0 Å². The van der Waals surface area contributed by atoms with Gasteiger partial charge in [-0.2, -0.15) is 0 Å². The van der Waals surface area contributed by atoms with E-state index in [0.29, 0.717) is 6.04 Å². The molecule has 1 aromatic heterocycles. The Morgan fingerprint density at radius 2 is 0.696 bits per heavy atom. The summed E-state index contributed by atoms with van der Waals surface area (Å²) >= 11 is 14.4. The van der Waals surface area contributed by atoms with E-state index in [-0.39, 0.29) is 33.3 Å². The third kappa shape index (κ3) is 17.2. The van der Waals surface area contributed by atoms with Crippen molar-refractivity contribution in [3.63, 3.8) is 0 Å². The van der Waals surface area contributed by atoms with Gasteiger partial charge >= 0.3 is 30.8 Å². The van der Waals surface area contributed by atoms with Gasteiger partial charge in [-0.05, 0) is 75.4 Å². The number of hydrogen-bond donors (Lipinski definition) is 0. The van der Waals surface area contributed by atoms with Crippen molar-refractivity contribution >= 4 is 82.5 Å². The van der Waals surface area contributed by atoms with Gasteiger partial charge in [0.2, 0.25) is 0 Å². The summed E-state index contributed by atoms with van der Waals surface area (Å²) < 4.78 is 8.93. The Labute approximate surface area is 371 Å². The molecule has 0 aliphatic rings. The SMILES string of the molecule is Cc1ncn(C(C)C)c1C.ClC(Cl)Cl.[C-]#[O+].[Cl-].[H-].[Ru+2].c1ccc(P(c2ccccc2)c2ccccc2)cc1.c1ccc(P(c2ccccc2)c2ccccc2)cc1. The van der Waals surface area contributed by atoms with E-state index in [1.807, 2.05) is 13.3 Å². The molecule has 0 atom stereocenters. The van der Waals surface area contributed by atoms with Crippen molar-refractivity contribution < 1.29 is 38.0 Å². The predicted octanol–water partition coefficient (Wildman–Crippen LogP) is 8.03. The van der Waals surface area contributed by atoms with Crippen LogP contribution in [0.4, 0.5) is 0 Å². The summed E-state index contributed by atoms with van der Waals surface area (Å²) in [7, 11) is -0.892. The number of imidazole rings is 1. The zero-order valence-corrected chi connectivity index (χ0v) is 38.2. The monoisotopic (exact) mass is 946 g/mol. The first-order chi connectivity index (χ1) is 26.3. The summed E-state index contributed by atoms with van der Waals surface area (Å²) in [5.41, 5.74) is 2.41. The molecule has 0 radical (unpaired) electrons. The molecule has 7 aromatic rings. The van der Waals surface area contributed by atoms with Gasteiger partial charge < -0.3 is 18.4 Å². The van der Waals surface area contributed by atoms with Gasteiger partial charge in [-0.3, -0.25) is 0 Å². The van der Waals surface area contributed by atoms with E-state index in [9.17, 15) is 0 Å². The van der Waals surface area contributed by atoms with Crippen LogP contribution in [0.25, 0.3) is 0 Å². The molecular formula is C46H46Cl4N2OP2Ru. The molecule has 0 saturated carbocycles. The van der Waals surface area contributed by atoms with E-state index in [4.69, 9.17) is 39.5 Å². The maximum Gasteiger partial charge on any atom is 2.00 e. The average molecular weight is 948 g/mol. The maximum absolute atomic E-state index is 7.50. The van der Waals surface area contributed by atoms with Crippen molar-refractivity contribution in [3.8, 4) is 0 Å². The first-order valence-corrected chi connectivity index (χ1v) is 21.3. The van der Waals surface area contributed by atoms with E-state index in [1.54, 1.807) is 0 Å². The molecule has 0 fully saturated rings. The number of benzene rings is 6. The summed E-state index contributed by atoms with van der Waals surface area (Å²) in [6, 6.07) is 65.2. The molecule has 0 unspecified atom stereocenters. The average Bonchev–Trinajstić information content (AvgIpc) is 3.56. The second-order valence-corrected chi connectivity index (χ2v) is 18.3. The van der Waals surface area contributed by atoms with Crippen LogP contribution in [0.2, 0.25) is 0 Å². The van der Waals surface area contributed by atoms with Crippen LogP contribution in [0.1, 0.15) is 32.7 Å². The summed E-state index contributed by atoms with van der Waals surface area (Å²) in [6.45, 7) is 13.0. The third-order valence-electron chi connectivity index (χ3n) is 7.93. The fourth-order valence-electron chi connectivity index (χ4n) is 5.39. The number of alkyl halides is 3. The summed E-state index contributed by atoms with van der Waals surface area (Å²) in [6.07, 6.45) is 1.90. The topological polar surface area (TPSA) is 37.7 Å². The van der Waals surface area contributed by atoms with Crippen LogP contribution in [-0.4, -0.2) is 13.8 Å². The van der Waals surface area contributed by atoms with E-state index in [0.717, 1.165) is 5.69 Å². The van der Waals surface area contributed by atoms with Crippen LogP contribution >= 0.6 is 50.6 Å². The van der Waals surface area contributed by atoms with Crippen molar-refractivity contribution in [2.75, 3.05) is 0 Å². The Hall–Kier alpha value is -3.09. The van der Waals surface area contributed by atoms with Gasteiger partial charge in [0, 0.05) is 11.7 Å². The van der Waals surface area contributed by atoms with Crippen molar-refractivity contribution in [2.45, 2.75) is 38.0 Å². The van der Waals surface area contributed by atoms with E-state index < -0.39 is 20.1 Å². The molecule has 0 amide bonds. The van der Waals surface area contributed by atoms with Crippen LogP contribution < -0.4 is 44.2 Å². The van der Waals surface area contributed by atoms with Crippen LogP contribution in [0.15, 0.2) is 188 Å². The molecule has 1 heterocycles. The van der Waals surface area contributed by atoms with Crippen LogP contribution in [-0.2, 0) is 24.1 Å². The molecule has 0 saturated heterocycles. The van der Waals surface area contributed by atoms with Gasteiger partial charge in [0.05, 0.1) is 12.0 Å². The predicted molar refractivity (Wildman–Crippen MR) is 239 cm³/mol. The minimum absolute atomic E-state index is 0. The second-order valence-electron chi connectivity index (χ2n) is 11.8. The largest absolute Gasteiger partial charge is 2.00 e. The molecule has 0 aliphatic carbocycles. The van der Waals surface area contributed by atoms with Gasteiger partial charge in [0.25, 0.3) is 0 Å². The zero-order valence-electron chi connectivity index (χ0n) is 32.6. The minimum Gasteiger partial charge on any atom is -1.00 e. The van der Waals surface area contributed by atoms with E-state index in [1.165, 1.54) is 37.5 Å². The molecule has 292 valence electrons. The number of rotatable bonds is 7. The Morgan fingerprint density at radius 1 is 0.500 bits per heavy atom. The Balaban J connectivity index is 0.000000780. The van der Waals surface area contributed by atoms with Gasteiger partial charge in [-0.1, -0.05) is 217 Å². The Kier molecular flexibility index (Phi) is 26.5. The Bertz CT molecular complexity index is 1720. The standard InChI is InChI=1S/2C18H15P.C8H14N2.CHCl3.CO.ClH.Ru.H/c2*1-4-10-16(11-5-1)19(17-12-6-2-7-13-17)18-14-8-3-9-15-18;1-6(2)10-5-9-7(3)8(10)4;2-1(3)4;1-2;;;/h2*1-15H;5-6H,1-4H3;1H;;1H;;/q;;;;;;+2;-1/p-1. The summed E-state index contributed by atoms with van der Waals surface area (Å²) in [5, 5.41) is 8.39. The van der Waals surface area contributed by atoms with Gasteiger partial charge in [0.15, 0.2) is 4.30 Å². The molecular weight excluding hydrogens is 901 g/mol. The molecule has 10 heteroatoms. The number of hydrogen-bond acceptors (Lipinski definition) is 1. The zero-order chi connectivity index (χ0) is 39.1. The van der Waals surface area contributed by atoms with Crippen molar-refractivity contribution in [1.82, 2.24) is 9.55 Å². The molecule has 0 aliphatic heterocycles. The third-order valence-corrected chi connectivity index (χ3v) is 12.8. The summed E-state index contributed by atoms with van der Waals surface area (Å²) in [4.78, 5) is 4.20. The normalized spacial score (nSPS) is 9.80. The van der Waals surface area contributed by atoms with Gasteiger partial charge in [0.1, 0.15) is 0 Å². The second kappa shape index (κ2) is 29.2. The molecule has 56 heavy (non-hydrogen) atoms. The van der Waals surface area contributed by atoms with Crippen molar-refractivity contribution in [3.05, 3.63) is 206 Å². The first-order valence-electron chi connectivity index (χ1n) is 17.3. The number of halogens is 4. The van der Waals surface area contributed by atoms with Crippen molar-refractivity contribution in [2.24, 2.45) is 0 Å². The van der Waals surface area contributed by atoms with Crippen LogP contribution in [0, 0.1) is 20.5 Å².